The summed E-state index contributed by atoms with van der Waals surface area (Å²) in [7, 11) is 0. The van der Waals surface area contributed by atoms with E-state index in [2.05, 4.69) is 26.6 Å². The average molecular weight is 459 g/mol. The van der Waals surface area contributed by atoms with Gasteiger partial charge in [-0.3, -0.25) is 9.59 Å². The zero-order chi connectivity index (χ0) is 20.6. The molecule has 2 amide bonds. The highest BCUT2D eigenvalue weighted by Crippen LogP contribution is 2.25. The lowest BCUT2D eigenvalue weighted by atomic mass is 10.3. The van der Waals surface area contributed by atoms with Crippen LogP contribution >= 0.6 is 15.9 Å². The molecule has 8 heteroatoms. The molecule has 2 aromatic carbocycles. The maximum absolute atomic E-state index is 12.0. The Morgan fingerprint density at radius 3 is 2.14 bits per heavy atom. The summed E-state index contributed by atoms with van der Waals surface area (Å²) in [4.78, 5) is 23.9. The second kappa shape index (κ2) is 9.79. The van der Waals surface area contributed by atoms with Gasteiger partial charge in [-0.05, 0) is 83.5 Å². The standard InChI is InChI=1S/C21H19BrN2O5/c1-2-27-15-7-9-17(10-8-15)28-16-5-3-14(4-6-16)24-20(25)13-23-21(26)18-11-12-19(22)29-18/h3-12H,2,13H2,1H3,(H,23,26)(H,24,25). The second-order valence-electron chi connectivity index (χ2n) is 5.87. The first kappa shape index (κ1) is 20.5. The highest BCUT2D eigenvalue weighted by atomic mass is 79.9. The summed E-state index contributed by atoms with van der Waals surface area (Å²) in [5.74, 6) is 1.39. The quantitative estimate of drug-likeness (QED) is 0.514. The predicted molar refractivity (Wildman–Crippen MR) is 111 cm³/mol. The molecule has 1 heterocycles. The molecule has 150 valence electrons. The molecule has 7 nitrogen and oxygen atoms in total. The van der Waals surface area contributed by atoms with Crippen LogP contribution in [0.15, 0.2) is 69.8 Å². The minimum Gasteiger partial charge on any atom is -0.494 e. The van der Waals surface area contributed by atoms with Crippen LogP contribution in [0.4, 0.5) is 5.69 Å². The number of carbonyl (C=O) groups is 2. The van der Waals surface area contributed by atoms with E-state index in [1.807, 2.05) is 31.2 Å². The van der Waals surface area contributed by atoms with Crippen molar-refractivity contribution < 1.29 is 23.5 Å². The first-order valence-corrected chi connectivity index (χ1v) is 9.67. The van der Waals surface area contributed by atoms with Gasteiger partial charge in [0, 0.05) is 5.69 Å². The largest absolute Gasteiger partial charge is 0.494 e. The molecule has 0 aliphatic rings. The molecule has 0 unspecified atom stereocenters. The van der Waals surface area contributed by atoms with Crippen LogP contribution in [0.3, 0.4) is 0 Å². The highest BCUT2D eigenvalue weighted by Gasteiger charge is 2.12. The Balaban J connectivity index is 1.48. The first-order chi connectivity index (χ1) is 14.0. The van der Waals surface area contributed by atoms with Gasteiger partial charge in [0.2, 0.25) is 5.91 Å². The van der Waals surface area contributed by atoms with E-state index in [-0.39, 0.29) is 18.2 Å². The van der Waals surface area contributed by atoms with E-state index in [1.165, 1.54) is 6.07 Å². The third kappa shape index (κ3) is 6.11. The van der Waals surface area contributed by atoms with Crippen molar-refractivity contribution in [1.29, 1.82) is 0 Å². The number of ether oxygens (including phenoxy) is 2. The lowest BCUT2D eigenvalue weighted by Crippen LogP contribution is -2.32. The molecule has 3 aromatic rings. The monoisotopic (exact) mass is 458 g/mol. The van der Waals surface area contributed by atoms with Crippen LogP contribution in [0.5, 0.6) is 17.2 Å². The van der Waals surface area contributed by atoms with Gasteiger partial charge in [0.05, 0.1) is 13.2 Å². The fourth-order valence-corrected chi connectivity index (χ4v) is 2.71. The molecule has 0 radical (unpaired) electrons. The summed E-state index contributed by atoms with van der Waals surface area (Å²) >= 11 is 3.12. The van der Waals surface area contributed by atoms with Gasteiger partial charge in [-0.25, -0.2) is 0 Å². The number of carbonyl (C=O) groups excluding carboxylic acids is 2. The van der Waals surface area contributed by atoms with E-state index in [4.69, 9.17) is 13.9 Å². The molecule has 0 saturated carbocycles. The van der Waals surface area contributed by atoms with Crippen molar-refractivity contribution in [2.24, 2.45) is 0 Å². The lowest BCUT2D eigenvalue weighted by molar-refractivity contribution is -0.115. The normalized spacial score (nSPS) is 10.3. The molecule has 0 atom stereocenters. The van der Waals surface area contributed by atoms with Gasteiger partial charge in [-0.1, -0.05) is 0 Å². The molecule has 3 rings (SSSR count). The van der Waals surface area contributed by atoms with E-state index in [1.54, 1.807) is 30.3 Å². The number of hydrogen-bond donors (Lipinski definition) is 2. The SMILES string of the molecule is CCOc1ccc(Oc2ccc(NC(=O)CNC(=O)c3ccc(Br)o3)cc2)cc1. The van der Waals surface area contributed by atoms with Crippen molar-refractivity contribution in [2.45, 2.75) is 6.92 Å². The van der Waals surface area contributed by atoms with Crippen LogP contribution in [0, 0.1) is 0 Å². The number of halogens is 1. The number of amides is 2. The lowest BCUT2D eigenvalue weighted by Gasteiger charge is -2.09. The molecule has 0 aliphatic heterocycles. The second-order valence-corrected chi connectivity index (χ2v) is 6.65. The fourth-order valence-electron chi connectivity index (χ4n) is 2.40. The topological polar surface area (TPSA) is 89.8 Å². The van der Waals surface area contributed by atoms with Gasteiger partial charge in [0.1, 0.15) is 17.2 Å². The third-order valence-corrected chi connectivity index (χ3v) is 4.14. The Morgan fingerprint density at radius 1 is 0.931 bits per heavy atom. The smallest absolute Gasteiger partial charge is 0.287 e. The maximum atomic E-state index is 12.0. The van der Waals surface area contributed by atoms with Crippen molar-refractivity contribution in [1.82, 2.24) is 5.32 Å². The zero-order valence-electron chi connectivity index (χ0n) is 15.6. The maximum Gasteiger partial charge on any atom is 0.287 e. The average Bonchev–Trinajstić information content (AvgIpc) is 3.16. The summed E-state index contributed by atoms with van der Waals surface area (Å²) in [6.45, 7) is 2.36. The van der Waals surface area contributed by atoms with Crippen LogP contribution in [0.2, 0.25) is 0 Å². The fraction of sp³-hybridized carbons (Fsp3) is 0.143. The summed E-state index contributed by atoms with van der Waals surface area (Å²) < 4.78 is 16.7. The number of benzene rings is 2. The van der Waals surface area contributed by atoms with E-state index in [0.717, 1.165) is 5.75 Å². The van der Waals surface area contributed by atoms with E-state index in [9.17, 15) is 9.59 Å². The molecule has 0 bridgehead atoms. The summed E-state index contributed by atoms with van der Waals surface area (Å²) in [5, 5.41) is 5.19. The van der Waals surface area contributed by atoms with E-state index < -0.39 is 5.91 Å². The Labute approximate surface area is 176 Å². The van der Waals surface area contributed by atoms with Crippen molar-refractivity contribution in [3.8, 4) is 17.2 Å². The van der Waals surface area contributed by atoms with E-state index in [0.29, 0.717) is 28.5 Å². The Hall–Kier alpha value is -3.26. The van der Waals surface area contributed by atoms with Crippen molar-refractivity contribution in [2.75, 3.05) is 18.5 Å². The molecular formula is C21H19BrN2O5. The molecular weight excluding hydrogens is 440 g/mol. The van der Waals surface area contributed by atoms with Crippen LogP contribution in [-0.4, -0.2) is 25.0 Å². The van der Waals surface area contributed by atoms with Crippen LogP contribution in [0.25, 0.3) is 0 Å². The first-order valence-electron chi connectivity index (χ1n) is 8.87. The van der Waals surface area contributed by atoms with E-state index >= 15 is 0 Å². The van der Waals surface area contributed by atoms with Gasteiger partial charge >= 0.3 is 0 Å². The van der Waals surface area contributed by atoms with Crippen LogP contribution < -0.4 is 20.1 Å². The van der Waals surface area contributed by atoms with Crippen LogP contribution in [-0.2, 0) is 4.79 Å². The summed E-state index contributed by atoms with van der Waals surface area (Å²) in [6.07, 6.45) is 0. The highest BCUT2D eigenvalue weighted by molar-refractivity contribution is 9.10. The Bertz CT molecular complexity index is 967. The molecule has 0 spiro atoms. The molecule has 0 saturated heterocycles. The minimum atomic E-state index is -0.468. The Morgan fingerprint density at radius 2 is 1.55 bits per heavy atom. The molecule has 29 heavy (non-hydrogen) atoms. The Kier molecular flexibility index (Phi) is 6.91. The molecule has 1 aromatic heterocycles. The minimum absolute atomic E-state index is 0.125. The predicted octanol–water partition coefficient (Wildman–Crippen LogP) is 4.60. The molecule has 2 N–H and O–H groups in total. The van der Waals surface area contributed by atoms with Crippen molar-refractivity contribution >= 4 is 33.4 Å². The van der Waals surface area contributed by atoms with Gasteiger partial charge in [-0.15, -0.1) is 0 Å². The number of hydrogen-bond acceptors (Lipinski definition) is 5. The number of furan rings is 1. The molecule has 0 aliphatic carbocycles. The zero-order valence-corrected chi connectivity index (χ0v) is 17.2. The van der Waals surface area contributed by atoms with Crippen molar-refractivity contribution in [3.05, 3.63) is 71.1 Å². The summed E-state index contributed by atoms with van der Waals surface area (Å²) in [6, 6.07) is 17.3. The van der Waals surface area contributed by atoms with Crippen molar-refractivity contribution in [3.63, 3.8) is 0 Å². The van der Waals surface area contributed by atoms with Gasteiger partial charge < -0.3 is 24.5 Å². The third-order valence-electron chi connectivity index (χ3n) is 3.72. The van der Waals surface area contributed by atoms with Crippen LogP contribution in [0.1, 0.15) is 17.5 Å². The summed E-state index contributed by atoms with van der Waals surface area (Å²) in [5.41, 5.74) is 0.587. The number of nitrogens with one attached hydrogen (secondary N) is 2. The number of rotatable bonds is 8. The van der Waals surface area contributed by atoms with Gasteiger partial charge in [0.15, 0.2) is 10.4 Å². The van der Waals surface area contributed by atoms with Gasteiger partial charge in [0.25, 0.3) is 5.91 Å². The molecule has 0 fully saturated rings. The van der Waals surface area contributed by atoms with Gasteiger partial charge in [-0.2, -0.15) is 0 Å². The number of anilines is 1.